The number of hydrogen-bond acceptors (Lipinski definition) is 1. The number of methoxy groups -OCH3 is 1. The topological polar surface area (TPSA) is 9.23 Å². The predicted molar refractivity (Wildman–Crippen MR) is 104 cm³/mol. The SMILES string of the molecule is COC=C(c1ccc(C(C)(C)C)cc1)c1ccc(C(C)(C)C)cc1. The van der Waals surface area contributed by atoms with Gasteiger partial charge in [-0.2, -0.15) is 0 Å². The summed E-state index contributed by atoms with van der Waals surface area (Å²) in [7, 11) is 1.70. The summed E-state index contributed by atoms with van der Waals surface area (Å²) in [5.74, 6) is 0. The molecule has 0 atom stereocenters. The standard InChI is InChI=1S/C23H30O/c1-22(2,3)19-12-8-17(9-13-19)21(16-24-7)18-10-14-20(15-11-18)23(4,5)6/h8-16H,1-7H3. The summed E-state index contributed by atoms with van der Waals surface area (Å²) >= 11 is 0. The van der Waals surface area contributed by atoms with Gasteiger partial charge >= 0.3 is 0 Å². The summed E-state index contributed by atoms with van der Waals surface area (Å²) in [6.45, 7) is 13.4. The minimum Gasteiger partial charge on any atom is -0.504 e. The van der Waals surface area contributed by atoms with Crippen LogP contribution >= 0.6 is 0 Å². The molecule has 0 unspecified atom stereocenters. The maximum absolute atomic E-state index is 5.35. The molecule has 0 aliphatic rings. The van der Waals surface area contributed by atoms with Gasteiger partial charge in [-0.1, -0.05) is 90.1 Å². The van der Waals surface area contributed by atoms with Crippen LogP contribution in [0.1, 0.15) is 63.8 Å². The van der Waals surface area contributed by atoms with Crippen LogP contribution in [0.5, 0.6) is 0 Å². The molecule has 2 aromatic carbocycles. The Balaban J connectivity index is 2.38. The number of ether oxygens (including phenoxy) is 1. The second kappa shape index (κ2) is 6.84. The Labute approximate surface area is 147 Å². The summed E-state index contributed by atoms with van der Waals surface area (Å²) in [5.41, 5.74) is 6.47. The number of hydrogen-bond donors (Lipinski definition) is 0. The lowest BCUT2D eigenvalue weighted by molar-refractivity contribution is 0.340. The molecular formula is C23H30O. The molecule has 0 heterocycles. The Morgan fingerprint density at radius 2 is 1.00 bits per heavy atom. The molecule has 0 bridgehead atoms. The molecule has 0 aliphatic heterocycles. The second-order valence-electron chi connectivity index (χ2n) is 8.42. The highest BCUT2D eigenvalue weighted by Crippen LogP contribution is 2.29. The number of benzene rings is 2. The largest absolute Gasteiger partial charge is 0.504 e. The molecule has 2 rings (SSSR count). The van der Waals surface area contributed by atoms with Crippen molar-refractivity contribution in [2.45, 2.75) is 52.4 Å². The van der Waals surface area contributed by atoms with Crippen LogP contribution in [0.3, 0.4) is 0 Å². The highest BCUT2D eigenvalue weighted by Gasteiger charge is 2.16. The fourth-order valence-electron chi connectivity index (χ4n) is 2.72. The Kier molecular flexibility index (Phi) is 5.22. The van der Waals surface area contributed by atoms with E-state index in [1.54, 1.807) is 7.11 Å². The highest BCUT2D eigenvalue weighted by molar-refractivity contribution is 5.79. The van der Waals surface area contributed by atoms with Gasteiger partial charge in [-0.3, -0.25) is 0 Å². The first-order valence-electron chi connectivity index (χ1n) is 8.58. The van der Waals surface area contributed by atoms with Gasteiger partial charge in [-0.25, -0.2) is 0 Å². The molecular weight excluding hydrogens is 292 g/mol. The number of rotatable bonds is 3. The van der Waals surface area contributed by atoms with Crippen molar-refractivity contribution >= 4 is 5.57 Å². The van der Waals surface area contributed by atoms with E-state index in [1.165, 1.54) is 22.3 Å². The van der Waals surface area contributed by atoms with Crippen LogP contribution in [0.2, 0.25) is 0 Å². The van der Waals surface area contributed by atoms with E-state index in [0.29, 0.717) is 0 Å². The van der Waals surface area contributed by atoms with Crippen molar-refractivity contribution in [2.24, 2.45) is 0 Å². The Hall–Kier alpha value is -2.02. The summed E-state index contributed by atoms with van der Waals surface area (Å²) in [5, 5.41) is 0. The van der Waals surface area contributed by atoms with Gasteiger partial charge in [0.15, 0.2) is 0 Å². The lowest BCUT2D eigenvalue weighted by Gasteiger charge is -2.20. The van der Waals surface area contributed by atoms with Crippen LogP contribution in [0.25, 0.3) is 5.57 Å². The zero-order valence-electron chi connectivity index (χ0n) is 16.1. The van der Waals surface area contributed by atoms with Gasteiger partial charge in [-0.15, -0.1) is 0 Å². The Bertz CT molecular complexity index is 630. The molecule has 0 radical (unpaired) electrons. The van der Waals surface area contributed by atoms with Crippen LogP contribution in [-0.4, -0.2) is 7.11 Å². The quantitative estimate of drug-likeness (QED) is 0.601. The van der Waals surface area contributed by atoms with Crippen molar-refractivity contribution in [1.29, 1.82) is 0 Å². The normalized spacial score (nSPS) is 12.0. The monoisotopic (exact) mass is 322 g/mol. The molecule has 0 amide bonds. The summed E-state index contributed by atoms with van der Waals surface area (Å²) in [4.78, 5) is 0. The van der Waals surface area contributed by atoms with Crippen LogP contribution < -0.4 is 0 Å². The van der Waals surface area contributed by atoms with Crippen molar-refractivity contribution in [1.82, 2.24) is 0 Å². The third-order valence-corrected chi connectivity index (χ3v) is 4.36. The molecule has 24 heavy (non-hydrogen) atoms. The maximum atomic E-state index is 5.35. The summed E-state index contributed by atoms with van der Waals surface area (Å²) < 4.78 is 5.35. The zero-order valence-corrected chi connectivity index (χ0v) is 16.1. The van der Waals surface area contributed by atoms with Crippen LogP contribution in [-0.2, 0) is 15.6 Å². The van der Waals surface area contributed by atoms with Gasteiger partial charge in [0.1, 0.15) is 0 Å². The average Bonchev–Trinajstić information content (AvgIpc) is 2.51. The molecule has 1 heteroatoms. The molecule has 0 saturated carbocycles. The van der Waals surface area contributed by atoms with E-state index in [9.17, 15) is 0 Å². The predicted octanol–water partition coefficient (Wildman–Crippen LogP) is 6.32. The molecule has 0 aromatic heterocycles. The van der Waals surface area contributed by atoms with Gasteiger partial charge in [0, 0.05) is 5.57 Å². The van der Waals surface area contributed by atoms with E-state index in [-0.39, 0.29) is 10.8 Å². The molecule has 2 aromatic rings. The van der Waals surface area contributed by atoms with Crippen molar-refractivity contribution in [2.75, 3.05) is 7.11 Å². The smallest absolute Gasteiger partial charge is 0.0909 e. The average molecular weight is 322 g/mol. The summed E-state index contributed by atoms with van der Waals surface area (Å²) in [6.07, 6.45) is 1.83. The fourth-order valence-corrected chi connectivity index (χ4v) is 2.72. The molecule has 1 nitrogen and oxygen atoms in total. The minimum absolute atomic E-state index is 0.165. The van der Waals surface area contributed by atoms with E-state index in [1.807, 2.05) is 6.26 Å². The maximum Gasteiger partial charge on any atom is 0.0909 e. The van der Waals surface area contributed by atoms with Crippen LogP contribution in [0.15, 0.2) is 54.8 Å². The molecule has 0 fully saturated rings. The molecule has 0 N–H and O–H groups in total. The van der Waals surface area contributed by atoms with Gasteiger partial charge in [0.25, 0.3) is 0 Å². The van der Waals surface area contributed by atoms with Gasteiger partial charge in [0.05, 0.1) is 13.4 Å². The van der Waals surface area contributed by atoms with Crippen molar-refractivity contribution in [3.05, 3.63) is 77.0 Å². The van der Waals surface area contributed by atoms with Crippen LogP contribution in [0, 0.1) is 0 Å². The zero-order chi connectivity index (χ0) is 18.0. The Morgan fingerprint density at radius 1 is 0.667 bits per heavy atom. The molecule has 128 valence electrons. The van der Waals surface area contributed by atoms with E-state index in [0.717, 1.165) is 5.57 Å². The lowest BCUT2D eigenvalue weighted by atomic mass is 9.84. The van der Waals surface area contributed by atoms with E-state index in [4.69, 9.17) is 4.74 Å². The fraction of sp³-hybridized carbons (Fsp3) is 0.391. The molecule has 0 saturated heterocycles. The van der Waals surface area contributed by atoms with E-state index < -0.39 is 0 Å². The van der Waals surface area contributed by atoms with E-state index in [2.05, 4.69) is 90.1 Å². The highest BCUT2D eigenvalue weighted by atomic mass is 16.5. The first-order chi connectivity index (χ1) is 11.1. The van der Waals surface area contributed by atoms with Crippen molar-refractivity contribution in [3.63, 3.8) is 0 Å². The first kappa shape index (κ1) is 18.3. The van der Waals surface area contributed by atoms with Crippen LogP contribution in [0.4, 0.5) is 0 Å². The minimum atomic E-state index is 0.165. The third-order valence-electron chi connectivity index (χ3n) is 4.36. The molecule has 0 spiro atoms. The lowest BCUT2D eigenvalue weighted by Crippen LogP contribution is -2.11. The van der Waals surface area contributed by atoms with Gasteiger partial charge in [0.2, 0.25) is 0 Å². The first-order valence-corrected chi connectivity index (χ1v) is 8.58. The molecule has 0 aliphatic carbocycles. The third kappa shape index (κ3) is 4.29. The van der Waals surface area contributed by atoms with E-state index >= 15 is 0 Å². The van der Waals surface area contributed by atoms with Gasteiger partial charge in [-0.05, 0) is 33.1 Å². The summed E-state index contributed by atoms with van der Waals surface area (Å²) in [6, 6.07) is 17.6. The Morgan fingerprint density at radius 3 is 1.25 bits per heavy atom. The van der Waals surface area contributed by atoms with Gasteiger partial charge < -0.3 is 4.74 Å². The van der Waals surface area contributed by atoms with Crippen molar-refractivity contribution < 1.29 is 4.74 Å². The second-order valence-corrected chi connectivity index (χ2v) is 8.42. The van der Waals surface area contributed by atoms with Crippen molar-refractivity contribution in [3.8, 4) is 0 Å².